The van der Waals surface area contributed by atoms with Crippen molar-refractivity contribution in [2.24, 2.45) is 5.73 Å². The second kappa shape index (κ2) is 15.1. The maximum atomic E-state index is 11.1. The standard InChI is InChI=1S/C27H44N2O2/c1-2-3-4-5-6-7-8-9-10-11-12-13-14-17-20-29-22-23(21-25(28)27(30)31)24-18-15-16-19-26(24)29/h15-16,18-19,22,25H,2-14,17,20-21,28H2,1H3,(H,30,31). The highest BCUT2D eigenvalue weighted by molar-refractivity contribution is 5.85. The number of unbranched alkanes of at least 4 members (excludes halogenated alkanes) is 13. The number of aromatic nitrogens is 1. The number of benzene rings is 1. The maximum Gasteiger partial charge on any atom is 0.320 e. The van der Waals surface area contributed by atoms with Crippen LogP contribution in [0.1, 0.15) is 102 Å². The van der Waals surface area contributed by atoms with Gasteiger partial charge in [-0.15, -0.1) is 0 Å². The molecule has 0 spiro atoms. The minimum Gasteiger partial charge on any atom is -0.480 e. The molecule has 1 aromatic carbocycles. The van der Waals surface area contributed by atoms with Crippen molar-refractivity contribution in [3.05, 3.63) is 36.0 Å². The van der Waals surface area contributed by atoms with E-state index in [0.29, 0.717) is 6.42 Å². The lowest BCUT2D eigenvalue weighted by Gasteiger charge is -2.06. The topological polar surface area (TPSA) is 68.2 Å². The zero-order chi connectivity index (χ0) is 22.3. The van der Waals surface area contributed by atoms with Gasteiger partial charge in [0.25, 0.3) is 0 Å². The van der Waals surface area contributed by atoms with Crippen LogP contribution in [-0.2, 0) is 17.8 Å². The Morgan fingerprint density at radius 1 is 0.871 bits per heavy atom. The second-order valence-corrected chi connectivity index (χ2v) is 9.11. The first-order valence-electron chi connectivity index (χ1n) is 12.7. The summed E-state index contributed by atoms with van der Waals surface area (Å²) in [6.07, 6.45) is 21.6. The fourth-order valence-corrected chi connectivity index (χ4v) is 4.47. The molecule has 4 heteroatoms. The van der Waals surface area contributed by atoms with Gasteiger partial charge in [-0.25, -0.2) is 0 Å². The van der Waals surface area contributed by atoms with Crippen molar-refractivity contribution < 1.29 is 9.90 Å². The summed E-state index contributed by atoms with van der Waals surface area (Å²) in [4.78, 5) is 11.1. The number of nitrogens with zero attached hydrogens (tertiary/aromatic N) is 1. The Balaban J connectivity index is 1.59. The van der Waals surface area contributed by atoms with Crippen LogP contribution in [0, 0.1) is 0 Å². The van der Waals surface area contributed by atoms with Crippen LogP contribution < -0.4 is 5.73 Å². The molecule has 1 aromatic heterocycles. The number of rotatable bonds is 18. The number of aryl methyl sites for hydroxylation is 1. The maximum absolute atomic E-state index is 11.1. The number of carboxylic acid groups (broad SMARTS) is 1. The smallest absolute Gasteiger partial charge is 0.320 e. The fourth-order valence-electron chi connectivity index (χ4n) is 4.47. The summed E-state index contributed by atoms with van der Waals surface area (Å²) in [5.41, 5.74) is 7.99. The van der Waals surface area contributed by atoms with E-state index in [9.17, 15) is 4.79 Å². The molecule has 1 atom stereocenters. The molecule has 31 heavy (non-hydrogen) atoms. The van der Waals surface area contributed by atoms with Crippen LogP contribution in [0.5, 0.6) is 0 Å². The summed E-state index contributed by atoms with van der Waals surface area (Å²) < 4.78 is 2.28. The van der Waals surface area contributed by atoms with Crippen LogP contribution in [0.25, 0.3) is 10.9 Å². The molecule has 0 aliphatic rings. The third-order valence-electron chi connectivity index (χ3n) is 6.38. The van der Waals surface area contributed by atoms with Crippen molar-refractivity contribution in [3.63, 3.8) is 0 Å². The Hall–Kier alpha value is -1.81. The number of aliphatic carboxylic acids is 1. The summed E-state index contributed by atoms with van der Waals surface area (Å²) >= 11 is 0. The van der Waals surface area contributed by atoms with E-state index in [1.54, 1.807) is 0 Å². The lowest BCUT2D eigenvalue weighted by molar-refractivity contribution is -0.138. The summed E-state index contributed by atoms with van der Waals surface area (Å²) in [5, 5.41) is 10.3. The Bertz CT molecular complexity index is 753. The molecular weight excluding hydrogens is 384 g/mol. The first-order valence-corrected chi connectivity index (χ1v) is 12.7. The van der Waals surface area contributed by atoms with Gasteiger partial charge in [-0.3, -0.25) is 4.79 Å². The molecule has 0 radical (unpaired) electrons. The number of fused-ring (bicyclic) bond motifs is 1. The highest BCUT2D eigenvalue weighted by Gasteiger charge is 2.16. The van der Waals surface area contributed by atoms with Crippen LogP contribution in [0.3, 0.4) is 0 Å². The molecule has 2 aromatic rings. The van der Waals surface area contributed by atoms with E-state index in [1.165, 1.54) is 95.4 Å². The molecule has 2 rings (SSSR count). The van der Waals surface area contributed by atoms with Crippen LogP contribution in [0.15, 0.2) is 30.5 Å². The van der Waals surface area contributed by atoms with Crippen molar-refractivity contribution in [2.45, 2.75) is 116 Å². The highest BCUT2D eigenvalue weighted by atomic mass is 16.4. The van der Waals surface area contributed by atoms with Gasteiger partial charge in [0, 0.05) is 30.1 Å². The predicted octanol–water partition coefficient (Wildman–Crippen LogP) is 7.08. The lowest BCUT2D eigenvalue weighted by atomic mass is 10.0. The normalized spacial score (nSPS) is 12.5. The molecule has 1 unspecified atom stereocenters. The van der Waals surface area contributed by atoms with E-state index in [1.807, 2.05) is 12.1 Å². The molecule has 3 N–H and O–H groups in total. The van der Waals surface area contributed by atoms with E-state index in [0.717, 1.165) is 17.5 Å². The third kappa shape index (κ3) is 9.47. The lowest BCUT2D eigenvalue weighted by Crippen LogP contribution is -2.32. The highest BCUT2D eigenvalue weighted by Crippen LogP contribution is 2.23. The molecule has 174 valence electrons. The summed E-state index contributed by atoms with van der Waals surface area (Å²) in [7, 11) is 0. The van der Waals surface area contributed by atoms with Gasteiger partial charge >= 0.3 is 5.97 Å². The van der Waals surface area contributed by atoms with Gasteiger partial charge in [0.1, 0.15) is 6.04 Å². The molecule has 4 nitrogen and oxygen atoms in total. The summed E-state index contributed by atoms with van der Waals surface area (Å²) in [6, 6.07) is 7.40. The number of carboxylic acids is 1. The largest absolute Gasteiger partial charge is 0.480 e. The molecule has 1 heterocycles. The number of hydrogen-bond donors (Lipinski definition) is 2. The Morgan fingerprint density at radius 2 is 1.39 bits per heavy atom. The molecule has 0 saturated heterocycles. The molecular formula is C27H44N2O2. The first kappa shape index (κ1) is 25.5. The molecule has 0 amide bonds. The van der Waals surface area contributed by atoms with Crippen molar-refractivity contribution in [1.82, 2.24) is 4.57 Å². The summed E-state index contributed by atoms with van der Waals surface area (Å²) in [5.74, 6) is -0.941. The first-order chi connectivity index (χ1) is 15.1. The summed E-state index contributed by atoms with van der Waals surface area (Å²) in [6.45, 7) is 3.26. The predicted molar refractivity (Wildman–Crippen MR) is 132 cm³/mol. The van der Waals surface area contributed by atoms with Crippen LogP contribution in [-0.4, -0.2) is 21.7 Å². The van der Waals surface area contributed by atoms with Crippen molar-refractivity contribution in [2.75, 3.05) is 0 Å². The number of nitrogens with two attached hydrogens (primary N) is 1. The van der Waals surface area contributed by atoms with Crippen molar-refractivity contribution in [1.29, 1.82) is 0 Å². The van der Waals surface area contributed by atoms with Crippen LogP contribution in [0.2, 0.25) is 0 Å². The number of carbonyl (C=O) groups is 1. The van der Waals surface area contributed by atoms with E-state index in [4.69, 9.17) is 10.8 Å². The van der Waals surface area contributed by atoms with Gasteiger partial charge in [0.05, 0.1) is 0 Å². The third-order valence-corrected chi connectivity index (χ3v) is 6.38. The quantitative estimate of drug-likeness (QED) is 0.249. The zero-order valence-electron chi connectivity index (χ0n) is 19.7. The number of hydrogen-bond acceptors (Lipinski definition) is 2. The zero-order valence-corrected chi connectivity index (χ0v) is 19.7. The van der Waals surface area contributed by atoms with Crippen LogP contribution >= 0.6 is 0 Å². The van der Waals surface area contributed by atoms with Gasteiger partial charge in [-0.1, -0.05) is 109 Å². The van der Waals surface area contributed by atoms with Crippen molar-refractivity contribution in [3.8, 4) is 0 Å². The van der Waals surface area contributed by atoms with Gasteiger partial charge in [0.2, 0.25) is 0 Å². The Labute approximate surface area is 189 Å². The van der Waals surface area contributed by atoms with E-state index < -0.39 is 12.0 Å². The van der Waals surface area contributed by atoms with E-state index >= 15 is 0 Å². The Kier molecular flexibility index (Phi) is 12.4. The minimum absolute atomic E-state index is 0.377. The molecule has 0 fully saturated rings. The second-order valence-electron chi connectivity index (χ2n) is 9.11. The Morgan fingerprint density at radius 3 is 1.94 bits per heavy atom. The molecule has 0 aliphatic carbocycles. The van der Waals surface area contributed by atoms with Gasteiger partial charge in [-0.05, 0) is 18.1 Å². The molecule has 0 aliphatic heterocycles. The fraction of sp³-hybridized carbons (Fsp3) is 0.667. The molecule has 0 saturated carbocycles. The minimum atomic E-state index is -0.941. The number of para-hydroxylation sites is 1. The SMILES string of the molecule is CCCCCCCCCCCCCCCCn1cc(CC(N)C(=O)O)c2ccccc21. The van der Waals surface area contributed by atoms with Gasteiger partial charge < -0.3 is 15.4 Å². The van der Waals surface area contributed by atoms with Gasteiger partial charge in [-0.2, -0.15) is 0 Å². The average Bonchev–Trinajstić information content (AvgIpc) is 3.11. The van der Waals surface area contributed by atoms with Crippen molar-refractivity contribution >= 4 is 16.9 Å². The monoisotopic (exact) mass is 428 g/mol. The average molecular weight is 429 g/mol. The van der Waals surface area contributed by atoms with E-state index in [2.05, 4.69) is 29.8 Å². The molecule has 0 bridgehead atoms. The van der Waals surface area contributed by atoms with Crippen LogP contribution in [0.4, 0.5) is 0 Å². The van der Waals surface area contributed by atoms with E-state index in [-0.39, 0.29) is 0 Å². The van der Waals surface area contributed by atoms with Gasteiger partial charge in [0.15, 0.2) is 0 Å².